The molecule has 3 heterocycles. The summed E-state index contributed by atoms with van der Waals surface area (Å²) in [6.07, 6.45) is -6.47. The summed E-state index contributed by atoms with van der Waals surface area (Å²) in [5, 5.41) is 0.565. The quantitative estimate of drug-likeness (QED) is 0.160. The number of alkyl halides is 3. The first-order valence-electron chi connectivity index (χ1n) is 17.4. The molecule has 11 nitrogen and oxygen atoms in total. The molecule has 0 bridgehead atoms. The third-order valence-corrected chi connectivity index (χ3v) is 10.1. The van der Waals surface area contributed by atoms with Gasteiger partial charge < -0.3 is 34.9 Å². The number of piperazine rings is 1. The van der Waals surface area contributed by atoms with E-state index in [4.69, 9.17) is 26.8 Å². The van der Waals surface area contributed by atoms with Gasteiger partial charge in [-0.05, 0) is 85.2 Å². The number of esters is 1. The van der Waals surface area contributed by atoms with E-state index in [-0.39, 0.29) is 61.3 Å². The van der Waals surface area contributed by atoms with Crippen LogP contribution in [-0.2, 0) is 26.9 Å². The number of fused-ring (bicyclic) bond motifs is 1. The maximum atomic E-state index is 14.0. The van der Waals surface area contributed by atoms with Crippen LogP contribution in [0, 0.1) is 0 Å². The zero-order chi connectivity index (χ0) is 37.9. The molecule has 280 valence electrons. The number of benzene rings is 3. The highest BCUT2D eigenvalue weighted by atomic mass is 35.5. The van der Waals surface area contributed by atoms with E-state index in [2.05, 4.69) is 4.98 Å². The first-order valence-corrected chi connectivity index (χ1v) is 17.7. The van der Waals surface area contributed by atoms with Gasteiger partial charge in [-0.2, -0.15) is 13.2 Å². The molecule has 4 aromatic rings. The number of likely N-dealkylation sites (tertiary alicyclic amines) is 1. The minimum Gasteiger partial charge on any atom is -0.462 e. The highest BCUT2D eigenvalue weighted by molar-refractivity contribution is 6.33. The SMILES string of the molecule is CCOC(=O)c1ccc(N2CCN(C(=O)[C@@H](Cc3cc(Cl)c(N)c(C(F)(F)F)c3)OC(=O)N3CCC(c4cc5ccccc5[nH]c4=O)CC3)CC2)cc1. The summed E-state index contributed by atoms with van der Waals surface area (Å²) >= 11 is 6.10. The Balaban J connectivity index is 1.16. The van der Waals surface area contributed by atoms with Gasteiger partial charge in [-0.3, -0.25) is 9.59 Å². The second-order valence-corrected chi connectivity index (χ2v) is 13.5. The van der Waals surface area contributed by atoms with Crippen LogP contribution in [0.25, 0.3) is 10.9 Å². The number of nitrogen functional groups attached to an aromatic ring is 1. The fourth-order valence-electron chi connectivity index (χ4n) is 6.87. The molecule has 2 amide bonds. The van der Waals surface area contributed by atoms with Crippen LogP contribution in [0.2, 0.25) is 5.02 Å². The van der Waals surface area contributed by atoms with Crippen molar-refractivity contribution in [2.75, 3.05) is 56.5 Å². The van der Waals surface area contributed by atoms with Gasteiger partial charge in [0.2, 0.25) is 0 Å². The monoisotopic (exact) mass is 753 g/mol. The van der Waals surface area contributed by atoms with Crippen molar-refractivity contribution in [1.82, 2.24) is 14.8 Å². The molecule has 2 saturated heterocycles. The van der Waals surface area contributed by atoms with Gasteiger partial charge in [-0.25, -0.2) is 9.59 Å². The first-order chi connectivity index (χ1) is 25.3. The summed E-state index contributed by atoms with van der Waals surface area (Å²) in [6, 6.07) is 18.3. The van der Waals surface area contributed by atoms with Gasteiger partial charge in [-0.1, -0.05) is 29.8 Å². The van der Waals surface area contributed by atoms with Crippen LogP contribution in [-0.4, -0.2) is 84.7 Å². The van der Waals surface area contributed by atoms with E-state index in [1.54, 1.807) is 31.2 Å². The van der Waals surface area contributed by atoms with Crippen LogP contribution in [0.4, 0.5) is 29.3 Å². The number of nitrogens with zero attached hydrogens (tertiary/aromatic N) is 3. The van der Waals surface area contributed by atoms with Crippen molar-refractivity contribution >= 4 is 51.8 Å². The fraction of sp³-hybridized carbons (Fsp3) is 0.368. The summed E-state index contributed by atoms with van der Waals surface area (Å²) < 4.78 is 52.3. The molecule has 1 aromatic heterocycles. The van der Waals surface area contributed by atoms with Crippen molar-refractivity contribution in [2.24, 2.45) is 0 Å². The van der Waals surface area contributed by atoms with E-state index in [0.29, 0.717) is 37.1 Å². The Morgan fingerprint density at radius 1 is 0.943 bits per heavy atom. The van der Waals surface area contributed by atoms with Crippen molar-refractivity contribution in [3.05, 3.63) is 104 Å². The van der Waals surface area contributed by atoms with E-state index in [1.807, 2.05) is 35.2 Å². The Morgan fingerprint density at radius 3 is 2.28 bits per heavy atom. The molecule has 53 heavy (non-hydrogen) atoms. The number of rotatable bonds is 8. The Bertz CT molecular complexity index is 2040. The van der Waals surface area contributed by atoms with E-state index in [1.165, 1.54) is 15.9 Å². The Kier molecular flexibility index (Phi) is 11.2. The van der Waals surface area contributed by atoms with Gasteiger partial charge in [0.05, 0.1) is 28.4 Å². The van der Waals surface area contributed by atoms with E-state index >= 15 is 0 Å². The molecule has 0 aliphatic carbocycles. The number of aromatic amines is 1. The van der Waals surface area contributed by atoms with Gasteiger partial charge in [0, 0.05) is 62.5 Å². The lowest BCUT2D eigenvalue weighted by atomic mass is 9.89. The second kappa shape index (κ2) is 15.8. The highest BCUT2D eigenvalue weighted by Gasteiger charge is 2.37. The van der Waals surface area contributed by atoms with E-state index in [0.717, 1.165) is 22.7 Å². The number of hydrogen-bond acceptors (Lipinski definition) is 8. The van der Waals surface area contributed by atoms with Crippen molar-refractivity contribution in [2.45, 2.75) is 44.4 Å². The third-order valence-electron chi connectivity index (χ3n) is 9.74. The molecule has 3 N–H and O–H groups in total. The van der Waals surface area contributed by atoms with Gasteiger partial charge in [-0.15, -0.1) is 0 Å². The standard InChI is InChI=1S/C38H39ClF3N5O6/c1-2-52-36(50)25-7-9-27(10-8-25)45-15-17-46(18-16-45)35(49)32(21-23-19-29(38(40,41)42)33(43)30(39)20-23)53-37(51)47-13-11-24(12-14-47)28-22-26-5-3-4-6-31(26)44-34(28)48/h3-10,19-20,22,24,32H,2,11-18,21,43H2,1H3,(H,44,48)/t32-/m1/s1. The lowest BCUT2D eigenvalue weighted by Gasteiger charge is -2.38. The number of aromatic nitrogens is 1. The van der Waals surface area contributed by atoms with E-state index in [9.17, 15) is 32.3 Å². The molecule has 6 rings (SSSR count). The van der Waals surface area contributed by atoms with Crippen molar-refractivity contribution < 1.29 is 37.0 Å². The summed E-state index contributed by atoms with van der Waals surface area (Å²) in [5.74, 6) is -1.10. The maximum absolute atomic E-state index is 14.0. The predicted octanol–water partition coefficient (Wildman–Crippen LogP) is 6.24. The molecular formula is C38H39ClF3N5O6. The summed E-state index contributed by atoms with van der Waals surface area (Å²) in [4.78, 5) is 60.4. The lowest BCUT2D eigenvalue weighted by molar-refractivity contribution is -0.141. The minimum absolute atomic E-state index is 0.0252. The van der Waals surface area contributed by atoms with Crippen molar-refractivity contribution in [1.29, 1.82) is 0 Å². The van der Waals surface area contributed by atoms with Crippen LogP contribution in [0.1, 0.15) is 52.7 Å². The molecule has 0 radical (unpaired) electrons. The van der Waals surface area contributed by atoms with Gasteiger partial charge in [0.25, 0.3) is 11.5 Å². The second-order valence-electron chi connectivity index (χ2n) is 13.1. The Labute approximate surface area is 308 Å². The molecule has 2 aliphatic rings. The Morgan fingerprint density at radius 2 is 1.62 bits per heavy atom. The Hall–Kier alpha value is -5.24. The van der Waals surface area contributed by atoms with Crippen LogP contribution in [0.5, 0.6) is 0 Å². The number of carbonyl (C=O) groups excluding carboxylic acids is 3. The van der Waals surface area contributed by atoms with Gasteiger partial charge >= 0.3 is 18.2 Å². The number of para-hydroxylation sites is 1. The van der Waals surface area contributed by atoms with Crippen LogP contribution >= 0.6 is 11.6 Å². The maximum Gasteiger partial charge on any atom is 0.418 e. The molecule has 3 aromatic carbocycles. The van der Waals surface area contributed by atoms with Crippen molar-refractivity contribution in [3.8, 4) is 0 Å². The fourth-order valence-corrected chi connectivity index (χ4v) is 7.11. The summed E-state index contributed by atoms with van der Waals surface area (Å²) in [7, 11) is 0. The molecule has 0 unspecified atom stereocenters. The zero-order valence-corrected chi connectivity index (χ0v) is 29.7. The number of halogens is 4. The average molecular weight is 754 g/mol. The predicted molar refractivity (Wildman–Crippen MR) is 194 cm³/mol. The van der Waals surface area contributed by atoms with Crippen LogP contribution in [0.3, 0.4) is 0 Å². The average Bonchev–Trinajstić information content (AvgIpc) is 3.15. The molecule has 2 fully saturated rings. The number of piperidine rings is 1. The van der Waals surface area contributed by atoms with Crippen LogP contribution in [0.15, 0.2) is 71.5 Å². The number of carbonyl (C=O) groups is 3. The molecular weight excluding hydrogens is 715 g/mol. The molecule has 2 aliphatic heterocycles. The number of hydrogen-bond donors (Lipinski definition) is 2. The third kappa shape index (κ3) is 8.54. The smallest absolute Gasteiger partial charge is 0.418 e. The molecule has 0 saturated carbocycles. The zero-order valence-electron chi connectivity index (χ0n) is 29.0. The summed E-state index contributed by atoms with van der Waals surface area (Å²) in [6.45, 7) is 3.80. The number of nitrogens with two attached hydrogens (primary N) is 1. The molecule has 15 heteroatoms. The van der Waals surface area contributed by atoms with Crippen molar-refractivity contribution in [3.63, 3.8) is 0 Å². The highest BCUT2D eigenvalue weighted by Crippen LogP contribution is 2.38. The van der Waals surface area contributed by atoms with Crippen LogP contribution < -0.4 is 16.2 Å². The number of ether oxygens (including phenoxy) is 2. The lowest BCUT2D eigenvalue weighted by Crippen LogP contribution is -2.53. The van der Waals surface area contributed by atoms with Gasteiger partial charge in [0.1, 0.15) is 0 Å². The van der Waals surface area contributed by atoms with Gasteiger partial charge in [0.15, 0.2) is 6.10 Å². The van der Waals surface area contributed by atoms with E-state index < -0.39 is 41.5 Å². The molecule has 1 atom stereocenters. The number of anilines is 2. The number of H-pyrrole nitrogens is 1. The minimum atomic E-state index is -4.80. The first kappa shape index (κ1) is 37.5. The normalized spacial score (nSPS) is 16.1. The molecule has 0 spiro atoms. The largest absolute Gasteiger partial charge is 0.462 e. The topological polar surface area (TPSA) is 138 Å². The summed E-state index contributed by atoms with van der Waals surface area (Å²) in [5.41, 5.74) is 6.29. The number of nitrogens with one attached hydrogen (secondary N) is 1. The number of pyridine rings is 1. The number of amides is 2.